The number of anilines is 1. The number of halogens is 1. The fourth-order valence-corrected chi connectivity index (χ4v) is 8.62. The lowest BCUT2D eigenvalue weighted by atomic mass is 9.48. The first-order chi connectivity index (χ1) is 13.0. The number of carbonyl (C=O) groups excluding carboxylic acids is 1. The van der Waals surface area contributed by atoms with Crippen LogP contribution in [0.4, 0.5) is 5.69 Å². The maximum atomic E-state index is 13.0. The molecule has 2 atom stereocenters. The number of hydrogen-bond acceptors (Lipinski definition) is 3. The van der Waals surface area contributed by atoms with Crippen LogP contribution in [0.15, 0.2) is 23.1 Å². The molecule has 0 aromatic heterocycles. The second-order valence-corrected chi connectivity index (χ2v) is 13.4. The molecule has 0 saturated heterocycles. The third-order valence-corrected chi connectivity index (χ3v) is 9.65. The van der Waals surface area contributed by atoms with Crippen LogP contribution in [0.1, 0.15) is 50.5 Å². The largest absolute Gasteiger partial charge is 0.326 e. The predicted octanol–water partition coefficient (Wildman–Crippen LogP) is 4.31. The van der Waals surface area contributed by atoms with Crippen molar-refractivity contribution in [1.29, 1.82) is 0 Å². The summed E-state index contributed by atoms with van der Waals surface area (Å²) in [4.78, 5) is 13.2. The maximum Gasteiger partial charge on any atom is 0.242 e. The number of aryl methyl sites for hydroxylation is 1. The first-order valence-electron chi connectivity index (χ1n) is 10.0. The van der Waals surface area contributed by atoms with Crippen molar-refractivity contribution in [3.63, 3.8) is 0 Å². The van der Waals surface area contributed by atoms with Crippen molar-refractivity contribution in [3.05, 3.63) is 23.8 Å². The number of amides is 1. The van der Waals surface area contributed by atoms with Crippen LogP contribution in [0.3, 0.4) is 0 Å². The van der Waals surface area contributed by atoms with Gasteiger partial charge in [0.1, 0.15) is 0 Å². The number of alkyl halides is 1. The lowest BCUT2D eigenvalue weighted by Crippen LogP contribution is -2.53. The first-order valence-corrected chi connectivity index (χ1v) is 12.3. The molecule has 5 nitrogen and oxygen atoms in total. The van der Waals surface area contributed by atoms with Gasteiger partial charge in [-0.3, -0.25) is 4.79 Å². The van der Waals surface area contributed by atoms with Gasteiger partial charge in [-0.15, -0.1) is 0 Å². The Hall–Kier alpha value is -0.920. The number of hydrogen-bond donors (Lipinski definition) is 1. The van der Waals surface area contributed by atoms with Crippen molar-refractivity contribution < 1.29 is 13.2 Å². The van der Waals surface area contributed by atoms with Gasteiger partial charge in [-0.25, -0.2) is 12.7 Å². The molecule has 4 fully saturated rings. The molecule has 28 heavy (non-hydrogen) atoms. The monoisotopic (exact) mass is 468 g/mol. The Balaban J connectivity index is 1.52. The van der Waals surface area contributed by atoms with Gasteiger partial charge in [-0.05, 0) is 80.4 Å². The Labute approximate surface area is 176 Å². The van der Waals surface area contributed by atoms with E-state index in [1.165, 1.54) is 37.7 Å². The van der Waals surface area contributed by atoms with E-state index in [4.69, 9.17) is 0 Å². The van der Waals surface area contributed by atoms with E-state index in [2.05, 4.69) is 21.2 Å². The van der Waals surface area contributed by atoms with Crippen molar-refractivity contribution in [2.24, 2.45) is 17.3 Å². The third kappa shape index (κ3) is 3.65. The molecule has 1 aromatic rings. The molecule has 5 rings (SSSR count). The van der Waals surface area contributed by atoms with E-state index < -0.39 is 10.0 Å². The van der Waals surface area contributed by atoms with Gasteiger partial charge in [0.2, 0.25) is 15.9 Å². The highest BCUT2D eigenvalue weighted by atomic mass is 79.9. The zero-order valence-electron chi connectivity index (χ0n) is 16.8. The smallest absolute Gasteiger partial charge is 0.242 e. The summed E-state index contributed by atoms with van der Waals surface area (Å²) in [6, 6.07) is 4.92. The summed E-state index contributed by atoms with van der Waals surface area (Å²) >= 11 is 4.00. The number of sulfonamides is 1. The Morgan fingerprint density at radius 3 is 2.43 bits per heavy atom. The van der Waals surface area contributed by atoms with E-state index >= 15 is 0 Å². The van der Waals surface area contributed by atoms with Crippen molar-refractivity contribution in [3.8, 4) is 0 Å². The van der Waals surface area contributed by atoms with Crippen LogP contribution in [0.25, 0.3) is 0 Å². The molecule has 0 heterocycles. The van der Waals surface area contributed by atoms with E-state index in [1.54, 1.807) is 18.2 Å². The minimum atomic E-state index is -3.53. The highest BCUT2D eigenvalue weighted by Gasteiger charge is 2.57. The summed E-state index contributed by atoms with van der Waals surface area (Å²) in [5.74, 6) is 1.48. The summed E-state index contributed by atoms with van der Waals surface area (Å²) in [5.41, 5.74) is 1.55. The molecule has 2 unspecified atom stereocenters. The van der Waals surface area contributed by atoms with Gasteiger partial charge >= 0.3 is 0 Å². The summed E-state index contributed by atoms with van der Waals surface area (Å²) in [6.45, 7) is 1.89. The SMILES string of the molecule is Cc1ccc(S(=O)(=O)N(C)C)cc1NC(=O)CC12CC3CC(CC(Br)(C3)C1)C2. The lowest BCUT2D eigenvalue weighted by molar-refractivity contribution is -0.123. The van der Waals surface area contributed by atoms with Crippen molar-refractivity contribution in [2.75, 3.05) is 19.4 Å². The van der Waals surface area contributed by atoms with Crippen LogP contribution in [0.5, 0.6) is 0 Å². The Kier molecular flexibility index (Phi) is 4.95. The van der Waals surface area contributed by atoms with E-state index in [-0.39, 0.29) is 20.5 Å². The quantitative estimate of drug-likeness (QED) is 0.654. The van der Waals surface area contributed by atoms with Gasteiger partial charge in [0, 0.05) is 30.5 Å². The molecule has 4 aliphatic carbocycles. The predicted molar refractivity (Wildman–Crippen MR) is 114 cm³/mol. The highest BCUT2D eigenvalue weighted by molar-refractivity contribution is 9.10. The van der Waals surface area contributed by atoms with Gasteiger partial charge < -0.3 is 5.32 Å². The van der Waals surface area contributed by atoms with Gasteiger partial charge in [0.15, 0.2) is 0 Å². The number of carbonyl (C=O) groups is 1. The van der Waals surface area contributed by atoms with E-state index in [0.717, 1.165) is 36.7 Å². The standard InChI is InChI=1S/C21H29BrN2O3S/c1-14-4-5-17(28(26,27)24(2)3)7-18(14)23-19(25)12-20-8-15-6-16(9-20)11-21(22,10-15)13-20/h4-5,7,15-16H,6,8-13H2,1-3H3,(H,23,25). The summed E-state index contributed by atoms with van der Waals surface area (Å²) in [7, 11) is -0.507. The molecule has 1 amide bonds. The van der Waals surface area contributed by atoms with Gasteiger partial charge in [0.25, 0.3) is 0 Å². The average molecular weight is 469 g/mol. The molecule has 1 N–H and O–H groups in total. The maximum absolute atomic E-state index is 13.0. The molecule has 154 valence electrons. The summed E-state index contributed by atoms with van der Waals surface area (Å²) in [6.07, 6.45) is 7.72. The van der Waals surface area contributed by atoms with E-state index in [1.807, 2.05) is 6.92 Å². The van der Waals surface area contributed by atoms with Gasteiger partial charge in [-0.1, -0.05) is 22.0 Å². The zero-order chi connectivity index (χ0) is 20.3. The molecular formula is C21H29BrN2O3S. The van der Waals surface area contributed by atoms with Crippen molar-refractivity contribution in [2.45, 2.75) is 61.1 Å². The number of rotatable bonds is 5. The average Bonchev–Trinajstić information content (AvgIpc) is 2.53. The van der Waals surface area contributed by atoms with Crippen LogP contribution in [-0.2, 0) is 14.8 Å². The molecule has 0 aliphatic heterocycles. The lowest BCUT2D eigenvalue weighted by Gasteiger charge is -2.60. The van der Waals surface area contributed by atoms with Crippen LogP contribution >= 0.6 is 15.9 Å². The molecule has 0 radical (unpaired) electrons. The summed E-state index contributed by atoms with van der Waals surface area (Å²) < 4.78 is 26.3. The summed E-state index contributed by atoms with van der Waals surface area (Å²) in [5, 5.41) is 3.01. The van der Waals surface area contributed by atoms with Crippen LogP contribution in [-0.4, -0.2) is 37.0 Å². The van der Waals surface area contributed by atoms with Crippen molar-refractivity contribution in [1.82, 2.24) is 4.31 Å². The number of nitrogens with zero attached hydrogens (tertiary/aromatic N) is 1. The number of nitrogens with one attached hydrogen (secondary N) is 1. The van der Waals surface area contributed by atoms with Crippen molar-refractivity contribution >= 4 is 37.5 Å². The topological polar surface area (TPSA) is 66.5 Å². The molecule has 1 aromatic carbocycles. The number of benzene rings is 1. The van der Waals surface area contributed by atoms with Gasteiger partial charge in [0.05, 0.1) is 4.90 Å². The second-order valence-electron chi connectivity index (χ2n) is 9.60. The first kappa shape index (κ1) is 20.4. The fraction of sp³-hybridized carbons (Fsp3) is 0.667. The Morgan fingerprint density at radius 2 is 1.86 bits per heavy atom. The van der Waals surface area contributed by atoms with Crippen LogP contribution < -0.4 is 5.32 Å². The van der Waals surface area contributed by atoms with Crippen LogP contribution in [0, 0.1) is 24.2 Å². The molecule has 7 heteroatoms. The van der Waals surface area contributed by atoms with E-state index in [9.17, 15) is 13.2 Å². The highest BCUT2D eigenvalue weighted by Crippen LogP contribution is 2.65. The van der Waals surface area contributed by atoms with Crippen LogP contribution in [0.2, 0.25) is 0 Å². The zero-order valence-corrected chi connectivity index (χ0v) is 19.2. The van der Waals surface area contributed by atoms with E-state index in [0.29, 0.717) is 12.1 Å². The van der Waals surface area contributed by atoms with Gasteiger partial charge in [-0.2, -0.15) is 0 Å². The third-order valence-electron chi connectivity index (χ3n) is 6.91. The molecule has 4 bridgehead atoms. The second kappa shape index (κ2) is 6.81. The molecular weight excluding hydrogens is 440 g/mol. The minimum Gasteiger partial charge on any atom is -0.326 e. The fourth-order valence-electron chi connectivity index (χ4n) is 6.18. The minimum absolute atomic E-state index is 0.000510. The normalized spacial score (nSPS) is 34.0. The molecule has 4 saturated carbocycles. The Bertz CT molecular complexity index is 898. The Morgan fingerprint density at radius 1 is 1.21 bits per heavy atom. The molecule has 0 spiro atoms. The molecule has 4 aliphatic rings.